The first-order valence-electron chi connectivity index (χ1n) is 21.4. The molecule has 1 saturated heterocycles. The van der Waals surface area contributed by atoms with Crippen LogP contribution in [0.25, 0.3) is 22.4 Å². The summed E-state index contributed by atoms with van der Waals surface area (Å²) in [6, 6.07) is 14.0. The van der Waals surface area contributed by atoms with E-state index in [0.717, 1.165) is 61.5 Å². The van der Waals surface area contributed by atoms with Gasteiger partial charge in [-0.3, -0.25) is 18.8 Å². The Bertz CT molecular complexity index is 3060. The van der Waals surface area contributed by atoms with Gasteiger partial charge >= 0.3 is 7.12 Å². The quantitative estimate of drug-likeness (QED) is 0.138. The number of halogens is 3. The molecular formula is C48H54BBrF2N12O4. The van der Waals surface area contributed by atoms with Gasteiger partial charge in [-0.25, -0.2) is 18.7 Å². The van der Waals surface area contributed by atoms with Crippen LogP contribution in [0.3, 0.4) is 0 Å². The van der Waals surface area contributed by atoms with Crippen molar-refractivity contribution >= 4 is 51.7 Å². The number of ether oxygens (including phenoxy) is 2. The minimum atomic E-state index is -0.307. The number of hydrogen-bond donors (Lipinski definition) is 2. The highest BCUT2D eigenvalue weighted by atomic mass is 79.9. The Hall–Kier alpha value is -6.64. The van der Waals surface area contributed by atoms with Gasteiger partial charge in [0.1, 0.15) is 35.8 Å². The Morgan fingerprint density at radius 2 is 1.18 bits per heavy atom. The molecule has 8 aromatic rings. The number of fused-ring (bicyclic) bond motifs is 4. The SMILES string of the molecule is C.C.Cc1ncccc1-c1cnc(NCc2c(F)ccc3c2CCO3)n2cnnc12.Cc1ncccc1B1OC(C)(C)C(C)(C)O1.Fc1ccc2c(c1CNc1ncc(Br)c3nncn13)CCO2. The van der Waals surface area contributed by atoms with Gasteiger partial charge in [-0.1, -0.05) is 27.0 Å². The van der Waals surface area contributed by atoms with E-state index in [4.69, 9.17) is 18.8 Å². The molecule has 0 saturated carbocycles. The first-order chi connectivity index (χ1) is 31.8. The summed E-state index contributed by atoms with van der Waals surface area (Å²) in [4.78, 5) is 17.4. The van der Waals surface area contributed by atoms with Gasteiger partial charge in [0, 0.05) is 101 Å². The second-order valence-corrected chi connectivity index (χ2v) is 17.6. The second kappa shape index (κ2) is 20.3. The summed E-state index contributed by atoms with van der Waals surface area (Å²) in [5.74, 6) is 2.12. The van der Waals surface area contributed by atoms with Gasteiger partial charge in [-0.05, 0) is 93.9 Å². The minimum Gasteiger partial charge on any atom is -0.493 e. The number of aryl methyl sites for hydroxylation is 2. The number of nitrogens with zero attached hydrogens (tertiary/aromatic N) is 10. The maximum atomic E-state index is 14.4. The summed E-state index contributed by atoms with van der Waals surface area (Å²) >= 11 is 3.37. The molecular weight excluding hydrogens is 937 g/mol. The van der Waals surface area contributed by atoms with Crippen molar-refractivity contribution in [3.63, 3.8) is 0 Å². The highest BCUT2D eigenvalue weighted by Crippen LogP contribution is 2.37. The third kappa shape index (κ3) is 9.70. The van der Waals surface area contributed by atoms with E-state index in [9.17, 15) is 8.78 Å². The topological polar surface area (TPSA) is 173 Å². The van der Waals surface area contributed by atoms with Crippen LogP contribution in [0.15, 0.2) is 90.4 Å². The summed E-state index contributed by atoms with van der Waals surface area (Å²) < 4.78 is 55.7. The van der Waals surface area contributed by atoms with Crippen LogP contribution in [0, 0.1) is 25.5 Å². The molecule has 68 heavy (non-hydrogen) atoms. The lowest BCUT2D eigenvalue weighted by molar-refractivity contribution is 0.00578. The normalized spacial score (nSPS) is 14.8. The van der Waals surface area contributed by atoms with Crippen molar-refractivity contribution in [2.75, 3.05) is 23.8 Å². The van der Waals surface area contributed by atoms with E-state index in [0.29, 0.717) is 67.0 Å². The van der Waals surface area contributed by atoms with E-state index in [1.165, 1.54) is 12.1 Å². The van der Waals surface area contributed by atoms with Crippen LogP contribution < -0.4 is 25.6 Å². The molecule has 0 unspecified atom stereocenters. The van der Waals surface area contributed by atoms with Gasteiger partial charge in [0.15, 0.2) is 11.3 Å². The molecule has 3 aliphatic heterocycles. The number of nitrogens with one attached hydrogen (secondary N) is 2. The lowest BCUT2D eigenvalue weighted by atomic mass is 9.78. The van der Waals surface area contributed by atoms with Crippen LogP contribution in [0.1, 0.15) is 76.2 Å². The van der Waals surface area contributed by atoms with Gasteiger partial charge in [0.2, 0.25) is 11.9 Å². The van der Waals surface area contributed by atoms with Crippen molar-refractivity contribution in [3.05, 3.63) is 136 Å². The van der Waals surface area contributed by atoms with Gasteiger partial charge in [-0.15, -0.1) is 20.4 Å². The third-order valence-corrected chi connectivity index (χ3v) is 12.8. The molecule has 0 radical (unpaired) electrons. The number of benzene rings is 2. The Morgan fingerprint density at radius 3 is 1.74 bits per heavy atom. The van der Waals surface area contributed by atoms with Gasteiger partial charge < -0.3 is 29.4 Å². The van der Waals surface area contributed by atoms with Crippen LogP contribution in [-0.4, -0.2) is 80.7 Å². The van der Waals surface area contributed by atoms with Crippen molar-refractivity contribution in [2.45, 2.75) is 93.5 Å². The molecule has 0 spiro atoms. The van der Waals surface area contributed by atoms with Crippen LogP contribution in [0.5, 0.6) is 11.5 Å². The van der Waals surface area contributed by atoms with Gasteiger partial charge in [-0.2, -0.15) is 0 Å². The molecule has 0 bridgehead atoms. The highest BCUT2D eigenvalue weighted by Gasteiger charge is 2.52. The van der Waals surface area contributed by atoms with Crippen LogP contribution in [-0.2, 0) is 35.2 Å². The molecule has 0 amide bonds. The van der Waals surface area contributed by atoms with E-state index in [-0.39, 0.29) is 44.8 Å². The summed E-state index contributed by atoms with van der Waals surface area (Å²) in [5.41, 5.74) is 8.43. The van der Waals surface area contributed by atoms with Crippen molar-refractivity contribution in [2.24, 2.45) is 0 Å². The van der Waals surface area contributed by atoms with E-state index < -0.39 is 0 Å². The number of rotatable bonds is 8. The van der Waals surface area contributed by atoms with E-state index >= 15 is 0 Å². The molecule has 0 atom stereocenters. The maximum absolute atomic E-state index is 14.4. The van der Waals surface area contributed by atoms with Crippen molar-refractivity contribution < 1.29 is 27.6 Å². The zero-order valence-corrected chi connectivity index (χ0v) is 38.7. The minimum absolute atomic E-state index is 0. The number of aromatic nitrogens is 10. The zero-order valence-electron chi connectivity index (χ0n) is 37.1. The second-order valence-electron chi connectivity index (χ2n) is 16.8. The smallest absolute Gasteiger partial charge is 0.493 e. The predicted molar refractivity (Wildman–Crippen MR) is 261 cm³/mol. The summed E-state index contributed by atoms with van der Waals surface area (Å²) in [7, 11) is -0.307. The average Bonchev–Trinajstić information content (AvgIpc) is 4.16. The fourth-order valence-electron chi connectivity index (χ4n) is 7.89. The van der Waals surface area contributed by atoms with E-state index in [1.807, 2.05) is 38.1 Å². The van der Waals surface area contributed by atoms with E-state index in [1.54, 1.807) is 58.4 Å². The number of pyridine rings is 2. The first kappa shape index (κ1) is 49.3. The Labute approximate surface area is 402 Å². The fraction of sp³-hybridized carbons (Fsp3) is 0.333. The van der Waals surface area contributed by atoms with Crippen molar-refractivity contribution in [1.29, 1.82) is 0 Å². The highest BCUT2D eigenvalue weighted by molar-refractivity contribution is 9.10. The average molecular weight is 992 g/mol. The standard InChI is InChI=1S/C20H17FN6O.C14H11BrFN5O.C12H18BNO2.2CH4/c1-12-13(3-2-7-22-12)16-10-24-20(27-11-25-26-19(16)27)23-9-15-14-6-8-28-18(14)5-4-17(15)21;15-10-6-18-14(21-7-19-20-13(10)21)17-5-9-8-3-4-22-12(8)2-1-11(9)16;1-9-10(7-6-8-14-9)13-15-11(2,3)12(4,5)16-13;;/h2-5,7,10-11H,6,8-9H2,1H3,(H,23,24);1-2,6-7H,3-5H2,(H,17,18);6-8H,1-5H3;2*1H4. The van der Waals surface area contributed by atoms with Crippen LogP contribution >= 0.6 is 15.9 Å². The van der Waals surface area contributed by atoms with Crippen molar-refractivity contribution in [1.82, 2.24) is 49.1 Å². The maximum Gasteiger partial charge on any atom is 0.496 e. The summed E-state index contributed by atoms with van der Waals surface area (Å²) in [5, 5.41) is 22.5. The lowest BCUT2D eigenvalue weighted by Gasteiger charge is -2.32. The van der Waals surface area contributed by atoms with Crippen molar-refractivity contribution in [3.8, 4) is 22.6 Å². The molecule has 16 nitrogen and oxygen atoms in total. The van der Waals surface area contributed by atoms with Crippen LogP contribution in [0.4, 0.5) is 20.7 Å². The first-order valence-corrected chi connectivity index (χ1v) is 22.1. The van der Waals surface area contributed by atoms with Gasteiger partial charge in [0.25, 0.3) is 0 Å². The molecule has 3 aliphatic rings. The molecule has 20 heteroatoms. The summed E-state index contributed by atoms with van der Waals surface area (Å²) in [6.45, 7) is 13.9. The Balaban J connectivity index is 0.000000155. The number of hydrogen-bond acceptors (Lipinski definition) is 14. The summed E-state index contributed by atoms with van der Waals surface area (Å²) in [6.07, 6.45) is 11.5. The zero-order chi connectivity index (χ0) is 46.2. The molecule has 9 heterocycles. The molecule has 354 valence electrons. The molecule has 0 aliphatic carbocycles. The predicted octanol–water partition coefficient (Wildman–Crippen LogP) is 8.72. The molecule has 6 aromatic heterocycles. The molecule has 1 fully saturated rings. The Morgan fingerprint density at radius 1 is 0.662 bits per heavy atom. The van der Waals surface area contributed by atoms with Crippen LogP contribution in [0.2, 0.25) is 0 Å². The third-order valence-electron chi connectivity index (χ3n) is 12.2. The monoisotopic (exact) mass is 990 g/mol. The van der Waals surface area contributed by atoms with E-state index in [2.05, 4.69) is 94.6 Å². The largest absolute Gasteiger partial charge is 0.496 e. The number of anilines is 2. The Kier molecular flexibility index (Phi) is 14.7. The fourth-order valence-corrected chi connectivity index (χ4v) is 8.27. The lowest BCUT2D eigenvalue weighted by Crippen LogP contribution is -2.41. The molecule has 11 rings (SSSR count). The molecule has 2 N–H and O–H groups in total. The molecule has 2 aromatic carbocycles. The van der Waals surface area contributed by atoms with Gasteiger partial charge in [0.05, 0.1) is 28.9 Å².